The van der Waals surface area contributed by atoms with Gasteiger partial charge in [0.25, 0.3) is 11.8 Å². The summed E-state index contributed by atoms with van der Waals surface area (Å²) in [5, 5.41) is 5.30. The van der Waals surface area contributed by atoms with Crippen LogP contribution in [0.1, 0.15) is 55.8 Å². The van der Waals surface area contributed by atoms with E-state index in [4.69, 9.17) is 4.74 Å². The highest BCUT2D eigenvalue weighted by molar-refractivity contribution is 6.05. The van der Waals surface area contributed by atoms with Crippen molar-refractivity contribution < 1.29 is 23.9 Å². The quantitative estimate of drug-likeness (QED) is 0.595. The summed E-state index contributed by atoms with van der Waals surface area (Å²) in [4.78, 5) is 53.3. The van der Waals surface area contributed by atoms with Crippen LogP contribution in [0.4, 0.5) is 0 Å². The summed E-state index contributed by atoms with van der Waals surface area (Å²) < 4.78 is 5.43. The van der Waals surface area contributed by atoms with Crippen molar-refractivity contribution >= 4 is 23.6 Å². The fraction of sp³-hybridized carbons (Fsp3) is 0.407. The third kappa shape index (κ3) is 5.03. The number of hydrogen-bond donors (Lipinski definition) is 2. The lowest BCUT2D eigenvalue weighted by atomic mass is 10.0. The van der Waals surface area contributed by atoms with Crippen LogP contribution in [0.5, 0.6) is 0 Å². The number of benzene rings is 2. The van der Waals surface area contributed by atoms with Gasteiger partial charge in [-0.1, -0.05) is 18.2 Å². The molecule has 2 N–H and O–H groups in total. The van der Waals surface area contributed by atoms with Gasteiger partial charge in [0, 0.05) is 50.3 Å². The second kappa shape index (κ2) is 10.2. The van der Waals surface area contributed by atoms with E-state index in [1.54, 1.807) is 6.07 Å². The minimum Gasteiger partial charge on any atom is -0.379 e. The Morgan fingerprint density at radius 2 is 1.92 bits per heavy atom. The number of carbonyl (C=O) groups excluding carboxylic acids is 4. The third-order valence-electron chi connectivity index (χ3n) is 7.15. The molecule has 1 unspecified atom stereocenters. The number of fused-ring (bicyclic) bond motifs is 1. The average molecular weight is 491 g/mol. The number of morpholine rings is 1. The first kappa shape index (κ1) is 24.1. The Labute approximate surface area is 209 Å². The Hall–Kier alpha value is -3.56. The molecule has 0 aromatic heterocycles. The van der Waals surface area contributed by atoms with Gasteiger partial charge in [0.05, 0.1) is 13.2 Å². The molecule has 3 heterocycles. The van der Waals surface area contributed by atoms with Crippen molar-refractivity contribution in [2.75, 3.05) is 26.3 Å². The first-order chi connectivity index (χ1) is 17.4. The molecule has 36 heavy (non-hydrogen) atoms. The molecular formula is C27H30N4O5. The van der Waals surface area contributed by atoms with Gasteiger partial charge in [-0.05, 0) is 53.8 Å². The molecule has 1 atom stereocenters. The van der Waals surface area contributed by atoms with Crippen LogP contribution in [0.25, 0.3) is 0 Å². The van der Waals surface area contributed by atoms with Crippen LogP contribution in [0.15, 0.2) is 36.4 Å². The smallest absolute Gasteiger partial charge is 0.255 e. The van der Waals surface area contributed by atoms with Crippen molar-refractivity contribution in [3.63, 3.8) is 0 Å². The van der Waals surface area contributed by atoms with Crippen LogP contribution in [-0.4, -0.2) is 65.8 Å². The second-order valence-corrected chi connectivity index (χ2v) is 9.60. The molecule has 9 heteroatoms. The molecule has 5 rings (SSSR count). The lowest BCUT2D eigenvalue weighted by Gasteiger charge is -2.29. The van der Waals surface area contributed by atoms with Crippen LogP contribution < -0.4 is 10.6 Å². The van der Waals surface area contributed by atoms with Gasteiger partial charge in [0.2, 0.25) is 11.8 Å². The van der Waals surface area contributed by atoms with Crippen molar-refractivity contribution in [3.8, 4) is 0 Å². The maximum atomic E-state index is 12.9. The zero-order valence-corrected chi connectivity index (χ0v) is 20.3. The third-order valence-corrected chi connectivity index (χ3v) is 7.15. The Balaban J connectivity index is 1.22. The van der Waals surface area contributed by atoms with Crippen molar-refractivity contribution in [2.24, 2.45) is 0 Å². The summed E-state index contributed by atoms with van der Waals surface area (Å²) >= 11 is 0. The van der Waals surface area contributed by atoms with Crippen LogP contribution in [-0.2, 0) is 34.0 Å². The maximum absolute atomic E-state index is 12.9. The predicted molar refractivity (Wildman–Crippen MR) is 131 cm³/mol. The highest BCUT2D eigenvalue weighted by atomic mass is 16.5. The molecule has 0 aliphatic carbocycles. The predicted octanol–water partition coefficient (Wildman–Crippen LogP) is 1.52. The van der Waals surface area contributed by atoms with E-state index in [9.17, 15) is 19.2 Å². The Morgan fingerprint density at radius 3 is 2.69 bits per heavy atom. The van der Waals surface area contributed by atoms with E-state index in [0.29, 0.717) is 30.6 Å². The normalized spacial score (nSPS) is 20.3. The van der Waals surface area contributed by atoms with E-state index < -0.39 is 11.9 Å². The topological polar surface area (TPSA) is 108 Å². The van der Waals surface area contributed by atoms with E-state index in [1.807, 2.05) is 30.3 Å². The first-order valence-corrected chi connectivity index (χ1v) is 12.3. The molecule has 2 aromatic rings. The monoisotopic (exact) mass is 490 g/mol. The number of aryl methyl sites for hydroxylation is 1. The van der Waals surface area contributed by atoms with Gasteiger partial charge in [-0.25, -0.2) is 0 Å². The van der Waals surface area contributed by atoms with Gasteiger partial charge in [-0.3, -0.25) is 29.4 Å². The minimum atomic E-state index is -0.640. The van der Waals surface area contributed by atoms with E-state index >= 15 is 0 Å². The molecule has 0 saturated carbocycles. The molecule has 4 amide bonds. The van der Waals surface area contributed by atoms with Crippen LogP contribution >= 0.6 is 0 Å². The molecule has 0 spiro atoms. The van der Waals surface area contributed by atoms with E-state index in [2.05, 4.69) is 22.5 Å². The molecule has 2 saturated heterocycles. The van der Waals surface area contributed by atoms with Crippen LogP contribution in [0.3, 0.4) is 0 Å². The number of imide groups is 1. The number of piperidine rings is 1. The van der Waals surface area contributed by atoms with Crippen LogP contribution in [0, 0.1) is 6.92 Å². The molecule has 2 fully saturated rings. The number of amides is 4. The minimum absolute atomic E-state index is 0.153. The molecule has 3 aliphatic heterocycles. The molecule has 9 nitrogen and oxygen atoms in total. The zero-order chi connectivity index (χ0) is 25.2. The molecule has 0 bridgehead atoms. The first-order valence-electron chi connectivity index (χ1n) is 12.3. The Kier molecular flexibility index (Phi) is 6.84. The Morgan fingerprint density at radius 1 is 1.11 bits per heavy atom. The molecule has 0 radical (unpaired) electrons. The van der Waals surface area contributed by atoms with E-state index in [-0.39, 0.29) is 24.1 Å². The lowest BCUT2D eigenvalue weighted by molar-refractivity contribution is -0.136. The molecule has 188 valence electrons. The number of hydrogen-bond acceptors (Lipinski definition) is 6. The maximum Gasteiger partial charge on any atom is 0.255 e. The number of nitrogens with zero attached hydrogens (tertiary/aromatic N) is 2. The number of nitrogens with one attached hydrogen (secondary N) is 2. The summed E-state index contributed by atoms with van der Waals surface area (Å²) in [5.74, 6) is -1.09. The standard InChI is InChI=1S/C27H30N4O5/c1-17-2-4-19(13-20(17)15-30-8-10-36-11-9-30)25(33)28-14-18-3-5-22-21(12-18)16-31(27(22)35)23-6-7-24(32)29-26(23)34/h2-5,12-13,23H,6-11,14-16H2,1H3,(H,28,33)(H,29,32,34). The van der Waals surface area contributed by atoms with Gasteiger partial charge in [-0.2, -0.15) is 0 Å². The molecular weight excluding hydrogens is 460 g/mol. The van der Waals surface area contributed by atoms with Crippen molar-refractivity contribution in [1.82, 2.24) is 20.4 Å². The highest BCUT2D eigenvalue weighted by Crippen LogP contribution is 2.28. The van der Waals surface area contributed by atoms with E-state index in [0.717, 1.165) is 55.1 Å². The van der Waals surface area contributed by atoms with Crippen LogP contribution in [0.2, 0.25) is 0 Å². The number of rotatable bonds is 6. The average Bonchev–Trinajstić information content (AvgIpc) is 3.20. The molecule has 3 aliphatic rings. The number of ether oxygens (including phenoxy) is 1. The van der Waals surface area contributed by atoms with Crippen molar-refractivity contribution in [2.45, 2.75) is 45.4 Å². The fourth-order valence-corrected chi connectivity index (χ4v) is 5.01. The van der Waals surface area contributed by atoms with Gasteiger partial charge in [0.1, 0.15) is 6.04 Å². The second-order valence-electron chi connectivity index (χ2n) is 9.60. The SMILES string of the molecule is Cc1ccc(C(=O)NCc2ccc3c(c2)CN(C2CCC(=O)NC2=O)C3=O)cc1CN1CCOCC1. The summed E-state index contributed by atoms with van der Waals surface area (Å²) in [6.07, 6.45) is 0.554. The van der Waals surface area contributed by atoms with Crippen molar-refractivity contribution in [3.05, 3.63) is 69.8 Å². The summed E-state index contributed by atoms with van der Waals surface area (Å²) in [6, 6.07) is 10.6. The van der Waals surface area contributed by atoms with Gasteiger partial charge >= 0.3 is 0 Å². The summed E-state index contributed by atoms with van der Waals surface area (Å²) in [5.41, 5.74) is 5.15. The van der Waals surface area contributed by atoms with Gasteiger partial charge in [-0.15, -0.1) is 0 Å². The zero-order valence-electron chi connectivity index (χ0n) is 20.3. The van der Waals surface area contributed by atoms with Gasteiger partial charge in [0.15, 0.2) is 0 Å². The largest absolute Gasteiger partial charge is 0.379 e. The van der Waals surface area contributed by atoms with Crippen molar-refractivity contribution in [1.29, 1.82) is 0 Å². The summed E-state index contributed by atoms with van der Waals surface area (Å²) in [7, 11) is 0. The van der Waals surface area contributed by atoms with E-state index in [1.165, 1.54) is 4.90 Å². The lowest BCUT2D eigenvalue weighted by Crippen LogP contribution is -2.52. The highest BCUT2D eigenvalue weighted by Gasteiger charge is 2.39. The molecule has 2 aromatic carbocycles. The summed E-state index contributed by atoms with van der Waals surface area (Å²) in [6.45, 7) is 6.72. The fourth-order valence-electron chi connectivity index (χ4n) is 5.01. The Bertz CT molecular complexity index is 1220. The van der Waals surface area contributed by atoms with Gasteiger partial charge < -0.3 is 15.0 Å². The number of carbonyl (C=O) groups is 4.